The van der Waals surface area contributed by atoms with Gasteiger partial charge in [-0.05, 0) is 37.6 Å². The Hall–Kier alpha value is -0.570. The van der Waals surface area contributed by atoms with E-state index in [-0.39, 0.29) is 0 Å². The average Bonchev–Trinajstić information content (AvgIpc) is 2.99. The maximum Gasteiger partial charge on any atom is 0.223 e. The van der Waals surface area contributed by atoms with Crippen molar-refractivity contribution in [3.63, 3.8) is 0 Å². The predicted molar refractivity (Wildman–Crippen MR) is 60.3 cm³/mol. The molecule has 0 aromatic rings. The van der Waals surface area contributed by atoms with Crippen LogP contribution in [-0.4, -0.2) is 29.9 Å². The summed E-state index contributed by atoms with van der Waals surface area (Å²) in [5, 5.41) is 0. The molecule has 1 saturated carbocycles. The molecule has 2 fully saturated rings. The molecule has 0 spiro atoms. The lowest BCUT2D eigenvalue weighted by Gasteiger charge is -2.21. The molecule has 2 atom stereocenters. The number of nitrogens with two attached hydrogens (primary N) is 1. The second-order valence-corrected chi connectivity index (χ2v) is 4.99. The van der Waals surface area contributed by atoms with E-state index >= 15 is 0 Å². The summed E-state index contributed by atoms with van der Waals surface area (Å²) in [6.07, 6.45) is 5.47. The third-order valence-electron chi connectivity index (χ3n) is 3.90. The molecule has 2 unspecified atom stereocenters. The number of amides is 1. The third-order valence-corrected chi connectivity index (χ3v) is 3.90. The quantitative estimate of drug-likeness (QED) is 0.745. The van der Waals surface area contributed by atoms with E-state index < -0.39 is 0 Å². The highest BCUT2D eigenvalue weighted by Gasteiger charge is 2.40. The van der Waals surface area contributed by atoms with E-state index in [0.717, 1.165) is 32.4 Å². The van der Waals surface area contributed by atoms with Crippen LogP contribution in [0.3, 0.4) is 0 Å². The number of likely N-dealkylation sites (tertiary alicyclic amines) is 1. The van der Waals surface area contributed by atoms with Crippen LogP contribution in [0, 0.1) is 11.8 Å². The molecular formula is C12H22N2O. The number of hydrogen-bond donors (Lipinski definition) is 1. The van der Waals surface area contributed by atoms with Crippen LogP contribution in [0.4, 0.5) is 0 Å². The van der Waals surface area contributed by atoms with Crippen molar-refractivity contribution in [3.05, 3.63) is 0 Å². The van der Waals surface area contributed by atoms with Gasteiger partial charge < -0.3 is 10.6 Å². The third kappa shape index (κ3) is 2.33. The summed E-state index contributed by atoms with van der Waals surface area (Å²) in [6, 6.07) is 0.595. The topological polar surface area (TPSA) is 46.3 Å². The zero-order valence-electron chi connectivity index (χ0n) is 9.61. The molecule has 1 aliphatic heterocycles. The minimum atomic E-state index is 0.387. The van der Waals surface area contributed by atoms with Crippen molar-refractivity contribution in [1.29, 1.82) is 0 Å². The lowest BCUT2D eigenvalue weighted by molar-refractivity contribution is -0.128. The fourth-order valence-corrected chi connectivity index (χ4v) is 2.80. The minimum absolute atomic E-state index is 0.387. The molecule has 2 aliphatic rings. The van der Waals surface area contributed by atoms with E-state index in [4.69, 9.17) is 5.73 Å². The summed E-state index contributed by atoms with van der Waals surface area (Å²) in [4.78, 5) is 13.9. The normalized spacial score (nSPS) is 28.5. The van der Waals surface area contributed by atoms with E-state index in [1.807, 2.05) is 0 Å². The maximum atomic E-state index is 11.8. The largest absolute Gasteiger partial charge is 0.339 e. The van der Waals surface area contributed by atoms with Gasteiger partial charge in [-0.3, -0.25) is 4.79 Å². The fourth-order valence-electron chi connectivity index (χ4n) is 2.80. The Bertz CT molecular complexity index is 238. The van der Waals surface area contributed by atoms with Gasteiger partial charge in [-0.2, -0.15) is 0 Å². The average molecular weight is 210 g/mol. The summed E-state index contributed by atoms with van der Waals surface area (Å²) >= 11 is 0. The van der Waals surface area contributed by atoms with Crippen molar-refractivity contribution in [2.24, 2.45) is 17.6 Å². The number of nitrogens with zero attached hydrogens (tertiary/aromatic N) is 1. The molecule has 0 radical (unpaired) electrons. The molecule has 1 aliphatic carbocycles. The molecule has 0 aromatic carbocycles. The second kappa shape index (κ2) is 4.52. The van der Waals surface area contributed by atoms with E-state index in [1.165, 1.54) is 12.8 Å². The number of carbonyl (C=O) groups excluding carboxylic acids is 1. The van der Waals surface area contributed by atoms with Crippen molar-refractivity contribution in [2.75, 3.05) is 13.1 Å². The smallest absolute Gasteiger partial charge is 0.223 e. The van der Waals surface area contributed by atoms with Crippen LogP contribution in [0.2, 0.25) is 0 Å². The first-order valence-electron chi connectivity index (χ1n) is 6.25. The first-order valence-corrected chi connectivity index (χ1v) is 6.25. The zero-order valence-corrected chi connectivity index (χ0v) is 9.61. The highest BCUT2D eigenvalue weighted by atomic mass is 16.2. The van der Waals surface area contributed by atoms with Crippen LogP contribution in [0.5, 0.6) is 0 Å². The first-order chi connectivity index (χ1) is 7.26. The summed E-state index contributed by atoms with van der Waals surface area (Å²) in [5.41, 5.74) is 5.62. The Morgan fingerprint density at radius 2 is 2.27 bits per heavy atom. The van der Waals surface area contributed by atoms with Crippen LogP contribution in [-0.2, 0) is 4.79 Å². The number of rotatable bonds is 5. The van der Waals surface area contributed by atoms with E-state index in [0.29, 0.717) is 23.8 Å². The Morgan fingerprint density at radius 1 is 1.53 bits per heavy atom. The molecule has 3 nitrogen and oxygen atoms in total. The van der Waals surface area contributed by atoms with Crippen LogP contribution >= 0.6 is 0 Å². The standard InChI is InChI=1S/C12H22N2O/c1-2-9(5-6-13)10-7-12(15)14(8-10)11-3-4-11/h9-11H,2-8,13H2,1H3. The molecule has 1 heterocycles. The number of hydrogen-bond acceptors (Lipinski definition) is 2. The van der Waals surface area contributed by atoms with Gasteiger partial charge in [-0.1, -0.05) is 13.3 Å². The van der Waals surface area contributed by atoms with Gasteiger partial charge in [0.05, 0.1) is 0 Å². The molecule has 3 heteroatoms. The molecular weight excluding hydrogens is 188 g/mol. The fraction of sp³-hybridized carbons (Fsp3) is 0.917. The molecule has 15 heavy (non-hydrogen) atoms. The Balaban J connectivity index is 1.91. The van der Waals surface area contributed by atoms with Crippen LogP contribution in [0.1, 0.15) is 39.0 Å². The molecule has 2 rings (SSSR count). The van der Waals surface area contributed by atoms with E-state index in [9.17, 15) is 4.79 Å². The molecule has 86 valence electrons. The zero-order chi connectivity index (χ0) is 10.8. The maximum absolute atomic E-state index is 11.8. The van der Waals surface area contributed by atoms with Crippen molar-refractivity contribution in [1.82, 2.24) is 4.90 Å². The summed E-state index contributed by atoms with van der Waals surface area (Å²) in [5.74, 6) is 1.62. The Morgan fingerprint density at radius 3 is 2.80 bits per heavy atom. The van der Waals surface area contributed by atoms with Gasteiger partial charge in [0.1, 0.15) is 0 Å². The first kappa shape index (κ1) is 10.9. The van der Waals surface area contributed by atoms with Gasteiger partial charge in [0.25, 0.3) is 0 Å². The van der Waals surface area contributed by atoms with Crippen LogP contribution in [0.25, 0.3) is 0 Å². The van der Waals surface area contributed by atoms with Crippen LogP contribution < -0.4 is 5.73 Å². The molecule has 0 bridgehead atoms. The lowest BCUT2D eigenvalue weighted by Crippen LogP contribution is -2.28. The highest BCUT2D eigenvalue weighted by molar-refractivity contribution is 5.79. The molecule has 1 amide bonds. The van der Waals surface area contributed by atoms with Gasteiger partial charge in [-0.25, -0.2) is 0 Å². The SMILES string of the molecule is CCC(CCN)C1CC(=O)N(C2CC2)C1. The van der Waals surface area contributed by atoms with Gasteiger partial charge in [-0.15, -0.1) is 0 Å². The van der Waals surface area contributed by atoms with Crippen molar-refractivity contribution in [2.45, 2.75) is 45.1 Å². The van der Waals surface area contributed by atoms with Gasteiger partial charge in [0.2, 0.25) is 5.91 Å². The predicted octanol–water partition coefficient (Wildman–Crippen LogP) is 1.37. The Labute approximate surface area is 92.0 Å². The van der Waals surface area contributed by atoms with Crippen LogP contribution in [0.15, 0.2) is 0 Å². The second-order valence-electron chi connectivity index (χ2n) is 4.99. The highest BCUT2D eigenvalue weighted by Crippen LogP contribution is 2.36. The molecule has 2 N–H and O–H groups in total. The minimum Gasteiger partial charge on any atom is -0.339 e. The Kier molecular flexibility index (Phi) is 3.29. The monoisotopic (exact) mass is 210 g/mol. The van der Waals surface area contributed by atoms with E-state index in [1.54, 1.807) is 0 Å². The summed E-state index contributed by atoms with van der Waals surface area (Å²) in [6.45, 7) is 3.97. The van der Waals surface area contributed by atoms with Gasteiger partial charge >= 0.3 is 0 Å². The van der Waals surface area contributed by atoms with Crippen molar-refractivity contribution < 1.29 is 4.79 Å². The summed E-state index contributed by atoms with van der Waals surface area (Å²) < 4.78 is 0. The number of carbonyl (C=O) groups is 1. The lowest BCUT2D eigenvalue weighted by atomic mass is 9.86. The molecule has 1 saturated heterocycles. The van der Waals surface area contributed by atoms with E-state index in [2.05, 4.69) is 11.8 Å². The molecule has 0 aromatic heterocycles. The summed E-state index contributed by atoms with van der Waals surface area (Å²) in [7, 11) is 0. The van der Waals surface area contributed by atoms with Gasteiger partial charge in [0.15, 0.2) is 0 Å². The van der Waals surface area contributed by atoms with Gasteiger partial charge in [0, 0.05) is 19.0 Å². The van der Waals surface area contributed by atoms with Crippen molar-refractivity contribution >= 4 is 5.91 Å². The van der Waals surface area contributed by atoms with Crippen molar-refractivity contribution in [3.8, 4) is 0 Å².